The van der Waals surface area contributed by atoms with Crippen molar-refractivity contribution in [2.45, 2.75) is 26.7 Å². The van der Waals surface area contributed by atoms with Crippen LogP contribution in [0.3, 0.4) is 0 Å². The average Bonchev–Trinajstić information content (AvgIpc) is 2.95. The molecule has 1 amide bonds. The van der Waals surface area contributed by atoms with Gasteiger partial charge in [-0.05, 0) is 30.4 Å². The summed E-state index contributed by atoms with van der Waals surface area (Å²) < 4.78 is 3.79. The number of carbonyl (C=O) groups excluding carboxylic acids is 1. The van der Waals surface area contributed by atoms with Crippen LogP contribution in [0.2, 0.25) is 0 Å². The van der Waals surface area contributed by atoms with Crippen molar-refractivity contribution >= 4 is 39.7 Å². The minimum Gasteiger partial charge on any atom is -0.478 e. The van der Waals surface area contributed by atoms with Gasteiger partial charge in [-0.3, -0.25) is 4.79 Å². The van der Waals surface area contributed by atoms with Gasteiger partial charge in [-0.1, -0.05) is 18.3 Å². The highest BCUT2D eigenvalue weighted by atomic mass is 32.1. The number of aromatic nitrogens is 2. The third kappa shape index (κ3) is 2.86. The van der Waals surface area contributed by atoms with E-state index in [4.69, 9.17) is 5.11 Å². The largest absolute Gasteiger partial charge is 0.478 e. The molecule has 106 valence electrons. The van der Waals surface area contributed by atoms with Crippen LogP contribution in [-0.4, -0.2) is 26.6 Å². The predicted molar refractivity (Wildman–Crippen MR) is 78.0 cm³/mol. The summed E-state index contributed by atoms with van der Waals surface area (Å²) in [5.74, 6) is -1.34. The summed E-state index contributed by atoms with van der Waals surface area (Å²) in [5.41, 5.74) is 0.724. The number of nitrogens with one attached hydrogen (secondary N) is 1. The summed E-state index contributed by atoms with van der Waals surface area (Å²) in [4.78, 5) is 24.6. The Hall–Kier alpha value is -1.80. The first-order chi connectivity index (χ1) is 9.40. The third-order valence-electron chi connectivity index (χ3n) is 2.58. The van der Waals surface area contributed by atoms with Gasteiger partial charge in [0.2, 0.25) is 0 Å². The van der Waals surface area contributed by atoms with Gasteiger partial charge < -0.3 is 10.4 Å². The lowest BCUT2D eigenvalue weighted by atomic mass is 10.1. The highest BCUT2D eigenvalue weighted by molar-refractivity contribution is 7.16. The molecule has 0 bridgehead atoms. The van der Waals surface area contributed by atoms with Gasteiger partial charge in [0.15, 0.2) is 0 Å². The number of hydrogen-bond donors (Lipinski definition) is 2. The van der Waals surface area contributed by atoms with Crippen molar-refractivity contribution in [2.75, 3.05) is 5.32 Å². The zero-order valence-corrected chi connectivity index (χ0v) is 12.8. The van der Waals surface area contributed by atoms with Crippen LogP contribution in [0.4, 0.5) is 5.00 Å². The van der Waals surface area contributed by atoms with Crippen LogP contribution in [0, 0.1) is 6.92 Å². The van der Waals surface area contributed by atoms with E-state index in [-0.39, 0.29) is 17.4 Å². The fourth-order valence-electron chi connectivity index (χ4n) is 1.66. The number of rotatable bonds is 4. The second kappa shape index (κ2) is 5.68. The van der Waals surface area contributed by atoms with Gasteiger partial charge in [0, 0.05) is 4.88 Å². The van der Waals surface area contributed by atoms with E-state index in [2.05, 4.69) is 14.9 Å². The zero-order chi connectivity index (χ0) is 14.9. The number of aryl methyl sites for hydroxylation is 1. The number of hydrogen-bond acceptors (Lipinski definition) is 6. The fraction of sp³-hybridized carbons (Fsp3) is 0.333. The molecule has 0 aromatic carbocycles. The Balaban J connectivity index is 2.28. The monoisotopic (exact) mass is 311 g/mol. The Bertz CT molecular complexity index is 661. The van der Waals surface area contributed by atoms with Crippen LogP contribution in [0.5, 0.6) is 0 Å². The number of nitrogens with zero attached hydrogens (tertiary/aromatic N) is 2. The maximum atomic E-state index is 12.2. The molecule has 0 aliphatic heterocycles. The van der Waals surface area contributed by atoms with Gasteiger partial charge in [0.25, 0.3) is 5.91 Å². The lowest BCUT2D eigenvalue weighted by Gasteiger charge is -2.05. The van der Waals surface area contributed by atoms with Crippen LogP contribution < -0.4 is 5.32 Å². The van der Waals surface area contributed by atoms with Crippen LogP contribution in [-0.2, 0) is 0 Å². The number of carboxylic acid groups (broad SMARTS) is 1. The summed E-state index contributed by atoms with van der Waals surface area (Å²) in [7, 11) is 0. The molecule has 0 spiro atoms. The van der Waals surface area contributed by atoms with Gasteiger partial charge in [0.05, 0.1) is 11.3 Å². The normalized spacial score (nSPS) is 10.8. The number of carbonyl (C=O) groups is 2. The molecular weight excluding hydrogens is 298 g/mol. The minimum absolute atomic E-state index is 0.0820. The van der Waals surface area contributed by atoms with Crippen LogP contribution in [0.15, 0.2) is 6.07 Å². The first kappa shape index (κ1) is 14.6. The third-order valence-corrected chi connectivity index (χ3v) is 4.29. The summed E-state index contributed by atoms with van der Waals surface area (Å²) in [6.45, 7) is 5.64. The summed E-state index contributed by atoms with van der Waals surface area (Å²) in [6.07, 6.45) is 0. The molecule has 0 aliphatic rings. The molecule has 2 heterocycles. The molecule has 0 atom stereocenters. The smallest absolute Gasteiger partial charge is 0.338 e. The molecule has 8 heteroatoms. The Kier molecular flexibility index (Phi) is 4.15. The lowest BCUT2D eigenvalue weighted by Crippen LogP contribution is -2.14. The maximum Gasteiger partial charge on any atom is 0.338 e. The van der Waals surface area contributed by atoms with Gasteiger partial charge in [0.1, 0.15) is 9.88 Å². The van der Waals surface area contributed by atoms with E-state index in [1.807, 2.05) is 13.8 Å². The number of anilines is 1. The molecule has 0 fully saturated rings. The van der Waals surface area contributed by atoms with Crippen molar-refractivity contribution in [1.29, 1.82) is 0 Å². The van der Waals surface area contributed by atoms with E-state index in [9.17, 15) is 9.59 Å². The fourth-order valence-corrected chi connectivity index (χ4v) is 3.27. The maximum absolute atomic E-state index is 12.2. The van der Waals surface area contributed by atoms with Gasteiger partial charge in [-0.2, -0.15) is 0 Å². The first-order valence-electron chi connectivity index (χ1n) is 5.87. The number of amides is 1. The van der Waals surface area contributed by atoms with Gasteiger partial charge in [-0.25, -0.2) is 4.79 Å². The van der Waals surface area contributed by atoms with Gasteiger partial charge >= 0.3 is 5.97 Å². The molecule has 0 saturated heterocycles. The SMILES string of the molecule is Cc1cc(C(=O)O)c(NC(=O)c2snnc2C(C)C)s1. The van der Waals surface area contributed by atoms with Crippen molar-refractivity contribution in [3.05, 3.63) is 27.1 Å². The number of aromatic carboxylic acids is 1. The molecule has 0 aliphatic carbocycles. The zero-order valence-electron chi connectivity index (χ0n) is 11.1. The summed E-state index contributed by atoms with van der Waals surface area (Å²) in [6, 6.07) is 1.54. The molecule has 2 N–H and O–H groups in total. The van der Waals surface area contributed by atoms with Crippen molar-refractivity contribution in [1.82, 2.24) is 9.59 Å². The Morgan fingerprint density at radius 3 is 2.70 bits per heavy atom. The summed E-state index contributed by atoms with van der Waals surface area (Å²) >= 11 is 2.24. The molecule has 0 saturated carbocycles. The van der Waals surface area contributed by atoms with Crippen LogP contribution in [0.25, 0.3) is 0 Å². The molecule has 0 radical (unpaired) electrons. The summed E-state index contributed by atoms with van der Waals surface area (Å²) in [5, 5.41) is 16.0. The molecule has 20 heavy (non-hydrogen) atoms. The molecule has 2 aromatic heterocycles. The Morgan fingerprint density at radius 1 is 1.40 bits per heavy atom. The van der Waals surface area contributed by atoms with Gasteiger partial charge in [-0.15, -0.1) is 16.4 Å². The Labute approximate surface area is 123 Å². The van der Waals surface area contributed by atoms with E-state index in [0.29, 0.717) is 15.6 Å². The first-order valence-corrected chi connectivity index (χ1v) is 7.46. The van der Waals surface area contributed by atoms with E-state index in [1.165, 1.54) is 17.4 Å². The Morgan fingerprint density at radius 2 is 2.10 bits per heavy atom. The second-order valence-corrected chi connectivity index (χ2v) is 6.51. The van der Waals surface area contributed by atoms with Crippen LogP contribution >= 0.6 is 22.9 Å². The predicted octanol–water partition coefficient (Wildman–Crippen LogP) is 2.98. The molecular formula is C12H13N3O3S2. The van der Waals surface area contributed by atoms with Crippen molar-refractivity contribution in [2.24, 2.45) is 0 Å². The second-order valence-electron chi connectivity index (χ2n) is 4.50. The average molecular weight is 311 g/mol. The van der Waals surface area contributed by atoms with E-state index >= 15 is 0 Å². The molecule has 2 aromatic rings. The molecule has 0 unspecified atom stereocenters. The minimum atomic E-state index is -1.06. The lowest BCUT2D eigenvalue weighted by molar-refractivity contribution is 0.0698. The van der Waals surface area contributed by atoms with E-state index in [1.54, 1.807) is 6.92 Å². The quantitative estimate of drug-likeness (QED) is 0.905. The van der Waals surface area contributed by atoms with Crippen molar-refractivity contribution in [3.8, 4) is 0 Å². The van der Waals surface area contributed by atoms with Crippen molar-refractivity contribution < 1.29 is 14.7 Å². The van der Waals surface area contributed by atoms with Crippen LogP contribution in [0.1, 0.15) is 50.4 Å². The number of carboxylic acids is 1. The highest BCUT2D eigenvalue weighted by Gasteiger charge is 2.22. The van der Waals surface area contributed by atoms with E-state index in [0.717, 1.165) is 16.4 Å². The molecule has 2 rings (SSSR count). The van der Waals surface area contributed by atoms with Crippen molar-refractivity contribution in [3.63, 3.8) is 0 Å². The molecule has 6 nitrogen and oxygen atoms in total. The van der Waals surface area contributed by atoms with E-state index < -0.39 is 5.97 Å². The topological polar surface area (TPSA) is 92.2 Å². The standard InChI is InChI=1S/C12H13N3O3S2/c1-5(2)8-9(20-15-14-8)10(16)13-11-7(12(17)18)4-6(3)19-11/h4-5H,1-3H3,(H,13,16)(H,17,18). The highest BCUT2D eigenvalue weighted by Crippen LogP contribution is 2.29. The number of thiophene rings is 1.